The first kappa shape index (κ1) is 22.3. The molecule has 0 saturated carbocycles. The third kappa shape index (κ3) is 5.50. The lowest BCUT2D eigenvalue weighted by Gasteiger charge is -2.16. The molecule has 0 amide bonds. The highest BCUT2D eigenvalue weighted by atomic mass is 16.5. The lowest BCUT2D eigenvalue weighted by Crippen LogP contribution is -2.05. The Balaban J connectivity index is 1.68. The zero-order valence-corrected chi connectivity index (χ0v) is 19.1. The highest BCUT2D eigenvalue weighted by molar-refractivity contribution is 5.75. The van der Waals surface area contributed by atoms with Crippen molar-refractivity contribution < 1.29 is 9.47 Å². The summed E-state index contributed by atoms with van der Waals surface area (Å²) in [6.45, 7) is 2.71. The number of benzene rings is 3. The van der Waals surface area contributed by atoms with Crippen LogP contribution in [-0.2, 0) is 13.0 Å². The Morgan fingerprint density at radius 1 is 0.788 bits per heavy atom. The normalized spacial score (nSPS) is 10.7. The molecule has 5 nitrogen and oxygen atoms in total. The molecule has 5 heteroatoms. The molecular formula is C28H29N3O2. The van der Waals surface area contributed by atoms with E-state index in [0.29, 0.717) is 6.61 Å². The van der Waals surface area contributed by atoms with Crippen LogP contribution in [0.25, 0.3) is 22.5 Å². The monoisotopic (exact) mass is 439 g/mol. The maximum atomic E-state index is 6.17. The Bertz CT molecular complexity index is 1190. The van der Waals surface area contributed by atoms with Crippen LogP contribution in [0.1, 0.15) is 30.9 Å². The summed E-state index contributed by atoms with van der Waals surface area (Å²) in [5.41, 5.74) is 12.1. The predicted molar refractivity (Wildman–Crippen MR) is 133 cm³/mol. The summed E-state index contributed by atoms with van der Waals surface area (Å²) in [4.78, 5) is 9.27. The first-order valence-electron chi connectivity index (χ1n) is 11.3. The van der Waals surface area contributed by atoms with Crippen LogP contribution in [0.15, 0.2) is 78.9 Å². The number of nitrogen functional groups attached to an aromatic ring is 1. The lowest BCUT2D eigenvalue weighted by molar-refractivity contribution is 0.306. The standard InChI is InChI=1S/C28H29N3O2/c1-3-4-13-25-26(30-28(29)31-27(25)22-11-8-12-24(18-22)32-2)21-14-16-23(17-15-21)33-19-20-9-6-5-7-10-20/h5-12,14-18H,3-4,13,19H2,1-2H3,(H2,29,30,31). The van der Waals surface area contributed by atoms with Gasteiger partial charge in [-0.2, -0.15) is 0 Å². The van der Waals surface area contributed by atoms with Gasteiger partial charge in [-0.3, -0.25) is 0 Å². The molecule has 0 aliphatic carbocycles. The quantitative estimate of drug-likeness (QED) is 0.330. The number of hydrogen-bond donors (Lipinski definition) is 1. The number of ether oxygens (including phenoxy) is 2. The van der Waals surface area contributed by atoms with Crippen LogP contribution in [0.4, 0.5) is 5.95 Å². The van der Waals surface area contributed by atoms with Crippen molar-refractivity contribution in [1.82, 2.24) is 9.97 Å². The van der Waals surface area contributed by atoms with Crippen LogP contribution in [0.2, 0.25) is 0 Å². The molecule has 3 aromatic carbocycles. The molecule has 168 valence electrons. The van der Waals surface area contributed by atoms with E-state index in [1.54, 1.807) is 7.11 Å². The van der Waals surface area contributed by atoms with Gasteiger partial charge in [-0.15, -0.1) is 0 Å². The molecule has 0 atom stereocenters. The summed E-state index contributed by atoms with van der Waals surface area (Å²) < 4.78 is 11.4. The van der Waals surface area contributed by atoms with Crippen LogP contribution in [-0.4, -0.2) is 17.1 Å². The Kier molecular flexibility index (Phi) is 7.20. The summed E-state index contributed by atoms with van der Waals surface area (Å²) in [5.74, 6) is 1.85. The van der Waals surface area contributed by atoms with Gasteiger partial charge in [0.25, 0.3) is 0 Å². The Morgan fingerprint density at radius 2 is 1.52 bits per heavy atom. The molecule has 1 aromatic heterocycles. The van der Waals surface area contributed by atoms with E-state index in [-0.39, 0.29) is 5.95 Å². The number of anilines is 1. The number of hydrogen-bond acceptors (Lipinski definition) is 5. The summed E-state index contributed by atoms with van der Waals surface area (Å²) in [6, 6.07) is 26.1. The molecule has 2 N–H and O–H groups in total. The average molecular weight is 440 g/mol. The predicted octanol–water partition coefficient (Wildman–Crippen LogP) is 6.32. The number of rotatable bonds is 9. The topological polar surface area (TPSA) is 70.3 Å². The lowest BCUT2D eigenvalue weighted by atomic mass is 9.96. The molecule has 0 aliphatic rings. The second kappa shape index (κ2) is 10.6. The van der Waals surface area contributed by atoms with Gasteiger partial charge in [0.15, 0.2) is 0 Å². The number of methoxy groups -OCH3 is 1. The molecule has 0 fully saturated rings. The fraction of sp³-hybridized carbons (Fsp3) is 0.214. The molecule has 0 bridgehead atoms. The Labute approximate surface area is 195 Å². The highest BCUT2D eigenvalue weighted by Crippen LogP contribution is 2.34. The first-order chi connectivity index (χ1) is 16.2. The van der Waals surface area contributed by atoms with E-state index in [2.05, 4.69) is 29.0 Å². The Morgan fingerprint density at radius 3 is 2.21 bits per heavy atom. The minimum atomic E-state index is 0.257. The molecule has 0 radical (unpaired) electrons. The Hall–Kier alpha value is -3.86. The van der Waals surface area contributed by atoms with Gasteiger partial charge in [-0.1, -0.05) is 55.8 Å². The van der Waals surface area contributed by atoms with Gasteiger partial charge in [-0.25, -0.2) is 9.97 Å². The summed E-state index contributed by atoms with van der Waals surface area (Å²) in [7, 11) is 1.66. The molecule has 4 rings (SSSR count). The zero-order chi connectivity index (χ0) is 23.0. The minimum Gasteiger partial charge on any atom is -0.497 e. The van der Waals surface area contributed by atoms with Crippen LogP contribution in [0.5, 0.6) is 11.5 Å². The van der Waals surface area contributed by atoms with E-state index in [1.807, 2.05) is 66.7 Å². The number of nitrogens with zero attached hydrogens (tertiary/aromatic N) is 2. The maximum Gasteiger partial charge on any atom is 0.221 e. The fourth-order valence-electron chi connectivity index (χ4n) is 3.79. The number of aromatic nitrogens is 2. The third-order valence-electron chi connectivity index (χ3n) is 5.52. The van der Waals surface area contributed by atoms with Gasteiger partial charge in [0, 0.05) is 16.7 Å². The molecule has 0 spiro atoms. The van der Waals surface area contributed by atoms with Crippen molar-refractivity contribution in [2.75, 3.05) is 12.8 Å². The molecule has 0 saturated heterocycles. The summed E-state index contributed by atoms with van der Waals surface area (Å²) in [5, 5.41) is 0. The van der Waals surface area contributed by atoms with Gasteiger partial charge in [0.1, 0.15) is 18.1 Å². The van der Waals surface area contributed by atoms with Crippen molar-refractivity contribution in [1.29, 1.82) is 0 Å². The van der Waals surface area contributed by atoms with Gasteiger partial charge < -0.3 is 15.2 Å². The van der Waals surface area contributed by atoms with Crippen LogP contribution >= 0.6 is 0 Å². The van der Waals surface area contributed by atoms with E-state index < -0.39 is 0 Å². The van der Waals surface area contributed by atoms with Gasteiger partial charge in [-0.05, 0) is 54.8 Å². The van der Waals surface area contributed by atoms with Gasteiger partial charge >= 0.3 is 0 Å². The van der Waals surface area contributed by atoms with E-state index >= 15 is 0 Å². The molecule has 1 heterocycles. The maximum absolute atomic E-state index is 6.17. The van der Waals surface area contributed by atoms with Gasteiger partial charge in [0.05, 0.1) is 18.5 Å². The summed E-state index contributed by atoms with van der Waals surface area (Å²) >= 11 is 0. The van der Waals surface area contributed by atoms with E-state index in [4.69, 9.17) is 15.2 Å². The van der Waals surface area contributed by atoms with Crippen LogP contribution < -0.4 is 15.2 Å². The molecule has 4 aromatic rings. The second-order valence-corrected chi connectivity index (χ2v) is 7.89. The fourth-order valence-corrected chi connectivity index (χ4v) is 3.79. The molecule has 33 heavy (non-hydrogen) atoms. The van der Waals surface area contributed by atoms with Crippen molar-refractivity contribution in [3.8, 4) is 34.0 Å². The number of unbranched alkanes of at least 4 members (excludes halogenated alkanes) is 1. The molecular weight excluding hydrogens is 410 g/mol. The van der Waals surface area contributed by atoms with Crippen molar-refractivity contribution in [3.63, 3.8) is 0 Å². The zero-order valence-electron chi connectivity index (χ0n) is 19.1. The third-order valence-corrected chi connectivity index (χ3v) is 5.52. The van der Waals surface area contributed by atoms with Crippen molar-refractivity contribution in [2.45, 2.75) is 32.8 Å². The van der Waals surface area contributed by atoms with Crippen LogP contribution in [0.3, 0.4) is 0 Å². The number of nitrogens with two attached hydrogens (primary N) is 1. The van der Waals surface area contributed by atoms with Crippen molar-refractivity contribution in [2.24, 2.45) is 0 Å². The average Bonchev–Trinajstić information content (AvgIpc) is 2.87. The minimum absolute atomic E-state index is 0.257. The van der Waals surface area contributed by atoms with Crippen molar-refractivity contribution in [3.05, 3.63) is 90.0 Å². The van der Waals surface area contributed by atoms with E-state index in [9.17, 15) is 0 Å². The van der Waals surface area contributed by atoms with Crippen molar-refractivity contribution >= 4 is 5.95 Å². The second-order valence-electron chi connectivity index (χ2n) is 7.89. The SMILES string of the molecule is CCCCc1c(-c2ccc(OCc3ccccc3)cc2)nc(N)nc1-c1cccc(OC)c1. The first-order valence-corrected chi connectivity index (χ1v) is 11.3. The smallest absolute Gasteiger partial charge is 0.221 e. The molecule has 0 aliphatic heterocycles. The summed E-state index contributed by atoms with van der Waals surface area (Å²) in [6.07, 6.45) is 2.98. The van der Waals surface area contributed by atoms with Crippen LogP contribution in [0, 0.1) is 0 Å². The molecule has 0 unspecified atom stereocenters. The van der Waals surface area contributed by atoms with Gasteiger partial charge in [0.2, 0.25) is 5.95 Å². The highest BCUT2D eigenvalue weighted by Gasteiger charge is 2.17. The van der Waals surface area contributed by atoms with E-state index in [1.165, 1.54) is 0 Å². The van der Waals surface area contributed by atoms with E-state index in [0.717, 1.165) is 64.4 Å². The largest absolute Gasteiger partial charge is 0.497 e.